The van der Waals surface area contributed by atoms with Gasteiger partial charge in [-0.05, 0) is 24.1 Å². The van der Waals surface area contributed by atoms with Crippen molar-refractivity contribution in [3.05, 3.63) is 42.2 Å². The van der Waals surface area contributed by atoms with Crippen molar-refractivity contribution in [2.45, 2.75) is 6.42 Å². The molecule has 0 aliphatic rings. The third kappa shape index (κ3) is 1.83. The molecule has 1 aromatic carbocycles. The van der Waals surface area contributed by atoms with E-state index in [0.29, 0.717) is 6.54 Å². The second-order valence-electron chi connectivity index (χ2n) is 3.22. The van der Waals surface area contributed by atoms with E-state index in [9.17, 15) is 0 Å². The minimum Gasteiger partial charge on any atom is -0.330 e. The summed E-state index contributed by atoms with van der Waals surface area (Å²) in [5.74, 6) is 0. The Kier molecular flexibility index (Phi) is 2.60. The minimum atomic E-state index is 0.699. The molecule has 0 bridgehead atoms. The van der Waals surface area contributed by atoms with Gasteiger partial charge >= 0.3 is 0 Å². The number of nitrogens with two attached hydrogens (primary N) is 1. The van der Waals surface area contributed by atoms with Gasteiger partial charge < -0.3 is 5.73 Å². The van der Waals surface area contributed by atoms with E-state index in [1.54, 1.807) is 0 Å². The Bertz CT molecular complexity index is 375. The molecule has 0 saturated carbocycles. The second kappa shape index (κ2) is 4.07. The van der Waals surface area contributed by atoms with E-state index in [-0.39, 0.29) is 0 Å². The second-order valence-corrected chi connectivity index (χ2v) is 3.22. The maximum atomic E-state index is 5.48. The number of hydrogen-bond acceptors (Lipinski definition) is 2. The van der Waals surface area contributed by atoms with E-state index in [0.717, 1.165) is 12.0 Å². The molecule has 2 rings (SSSR count). The fourth-order valence-corrected chi connectivity index (χ4v) is 1.44. The lowest BCUT2D eigenvalue weighted by Gasteiger charge is -2.00. The summed E-state index contributed by atoms with van der Waals surface area (Å²) in [5.41, 5.74) is 9.05. The molecule has 0 aliphatic heterocycles. The molecule has 1 aromatic heterocycles. The van der Waals surface area contributed by atoms with Gasteiger partial charge in [0.2, 0.25) is 0 Å². The van der Waals surface area contributed by atoms with E-state index in [2.05, 4.69) is 34.5 Å². The van der Waals surface area contributed by atoms with Crippen molar-refractivity contribution >= 4 is 0 Å². The third-order valence-electron chi connectivity index (χ3n) is 2.22. The molecule has 1 heterocycles. The van der Waals surface area contributed by atoms with Crippen LogP contribution in [-0.4, -0.2) is 16.7 Å². The van der Waals surface area contributed by atoms with Gasteiger partial charge in [-0.2, -0.15) is 5.10 Å². The molecule has 0 fully saturated rings. The predicted molar refractivity (Wildman–Crippen MR) is 56.8 cm³/mol. The van der Waals surface area contributed by atoms with Crippen LogP contribution in [0.5, 0.6) is 0 Å². The molecule has 0 atom stereocenters. The summed E-state index contributed by atoms with van der Waals surface area (Å²) in [6, 6.07) is 8.40. The van der Waals surface area contributed by atoms with Crippen molar-refractivity contribution in [3.63, 3.8) is 0 Å². The summed E-state index contributed by atoms with van der Waals surface area (Å²) in [6.07, 6.45) is 4.64. The van der Waals surface area contributed by atoms with Gasteiger partial charge in [0.15, 0.2) is 0 Å². The van der Waals surface area contributed by atoms with Gasteiger partial charge in [0, 0.05) is 11.8 Å². The van der Waals surface area contributed by atoms with E-state index >= 15 is 0 Å². The van der Waals surface area contributed by atoms with Crippen LogP contribution < -0.4 is 5.73 Å². The number of aromatic amines is 1. The van der Waals surface area contributed by atoms with Crippen LogP contribution in [0.4, 0.5) is 0 Å². The van der Waals surface area contributed by atoms with Gasteiger partial charge in [0.05, 0.1) is 6.20 Å². The van der Waals surface area contributed by atoms with Gasteiger partial charge in [-0.3, -0.25) is 5.10 Å². The normalized spacial score (nSPS) is 10.4. The van der Waals surface area contributed by atoms with E-state index in [1.807, 2.05) is 12.4 Å². The number of benzene rings is 1. The Morgan fingerprint density at radius 3 is 2.50 bits per heavy atom. The topological polar surface area (TPSA) is 54.7 Å². The molecule has 0 radical (unpaired) electrons. The summed E-state index contributed by atoms with van der Waals surface area (Å²) < 4.78 is 0. The molecule has 0 saturated heterocycles. The molecular formula is C11H13N3. The van der Waals surface area contributed by atoms with Gasteiger partial charge in [-0.25, -0.2) is 0 Å². The van der Waals surface area contributed by atoms with Gasteiger partial charge in [0.1, 0.15) is 0 Å². The lowest BCUT2D eigenvalue weighted by Crippen LogP contribution is -2.02. The number of aromatic nitrogens is 2. The molecule has 3 nitrogen and oxygen atoms in total. The molecular weight excluding hydrogens is 174 g/mol. The fourth-order valence-electron chi connectivity index (χ4n) is 1.44. The van der Waals surface area contributed by atoms with E-state index in [1.165, 1.54) is 11.1 Å². The van der Waals surface area contributed by atoms with Gasteiger partial charge in [-0.1, -0.05) is 24.3 Å². The maximum absolute atomic E-state index is 5.48. The molecule has 3 heteroatoms. The first-order chi connectivity index (χ1) is 6.90. The molecule has 0 unspecified atom stereocenters. The maximum Gasteiger partial charge on any atom is 0.0565 e. The number of rotatable bonds is 3. The summed E-state index contributed by atoms with van der Waals surface area (Å²) >= 11 is 0. The molecule has 0 spiro atoms. The largest absolute Gasteiger partial charge is 0.330 e. The van der Waals surface area contributed by atoms with Crippen LogP contribution in [0.3, 0.4) is 0 Å². The van der Waals surface area contributed by atoms with Crippen LogP contribution >= 0.6 is 0 Å². The zero-order valence-electron chi connectivity index (χ0n) is 7.90. The highest BCUT2D eigenvalue weighted by molar-refractivity contribution is 5.61. The molecule has 14 heavy (non-hydrogen) atoms. The zero-order valence-corrected chi connectivity index (χ0v) is 7.90. The molecule has 2 aromatic rings. The number of hydrogen-bond donors (Lipinski definition) is 2. The van der Waals surface area contributed by atoms with Crippen LogP contribution in [0.2, 0.25) is 0 Å². The van der Waals surface area contributed by atoms with Crippen molar-refractivity contribution in [1.82, 2.24) is 10.2 Å². The Balaban J connectivity index is 2.22. The third-order valence-corrected chi connectivity index (χ3v) is 2.22. The first kappa shape index (κ1) is 8.97. The van der Waals surface area contributed by atoms with Gasteiger partial charge in [0.25, 0.3) is 0 Å². The summed E-state index contributed by atoms with van der Waals surface area (Å²) in [6.45, 7) is 0.699. The lowest BCUT2D eigenvalue weighted by molar-refractivity contribution is 0.969. The van der Waals surface area contributed by atoms with Crippen molar-refractivity contribution in [2.24, 2.45) is 5.73 Å². The Hall–Kier alpha value is -1.61. The number of nitrogens with zero attached hydrogens (tertiary/aromatic N) is 1. The van der Waals surface area contributed by atoms with Crippen molar-refractivity contribution in [3.8, 4) is 11.1 Å². The molecule has 0 amide bonds. The SMILES string of the molecule is NCCc1ccc(-c2cn[nH]c2)cc1. The summed E-state index contributed by atoms with van der Waals surface area (Å²) in [5, 5.41) is 6.71. The smallest absolute Gasteiger partial charge is 0.0565 e. The standard InChI is InChI=1S/C11H13N3/c12-6-5-9-1-3-10(4-2-9)11-7-13-14-8-11/h1-4,7-8H,5-6,12H2,(H,13,14). The quantitative estimate of drug-likeness (QED) is 0.766. The van der Waals surface area contributed by atoms with Crippen LogP contribution in [0.15, 0.2) is 36.7 Å². The Morgan fingerprint density at radius 2 is 1.93 bits per heavy atom. The number of H-pyrrole nitrogens is 1. The Labute approximate surface area is 83.0 Å². The van der Waals surface area contributed by atoms with Crippen molar-refractivity contribution in [1.29, 1.82) is 0 Å². The average molecular weight is 187 g/mol. The van der Waals surface area contributed by atoms with Crippen molar-refractivity contribution in [2.75, 3.05) is 6.54 Å². The highest BCUT2D eigenvalue weighted by Gasteiger charge is 1.97. The molecule has 0 aliphatic carbocycles. The fraction of sp³-hybridized carbons (Fsp3) is 0.182. The van der Waals surface area contributed by atoms with E-state index in [4.69, 9.17) is 5.73 Å². The minimum absolute atomic E-state index is 0.699. The summed E-state index contributed by atoms with van der Waals surface area (Å²) in [7, 11) is 0. The average Bonchev–Trinajstić information content (AvgIpc) is 2.72. The van der Waals surface area contributed by atoms with Crippen LogP contribution in [0.25, 0.3) is 11.1 Å². The van der Waals surface area contributed by atoms with Crippen LogP contribution in [0.1, 0.15) is 5.56 Å². The lowest BCUT2D eigenvalue weighted by atomic mass is 10.1. The first-order valence-corrected chi connectivity index (χ1v) is 4.68. The first-order valence-electron chi connectivity index (χ1n) is 4.68. The van der Waals surface area contributed by atoms with Crippen LogP contribution in [-0.2, 0) is 6.42 Å². The highest BCUT2D eigenvalue weighted by atomic mass is 15.1. The summed E-state index contributed by atoms with van der Waals surface area (Å²) in [4.78, 5) is 0. The predicted octanol–water partition coefficient (Wildman–Crippen LogP) is 1.58. The van der Waals surface area contributed by atoms with Crippen molar-refractivity contribution < 1.29 is 0 Å². The highest BCUT2D eigenvalue weighted by Crippen LogP contribution is 2.17. The zero-order chi connectivity index (χ0) is 9.80. The monoisotopic (exact) mass is 187 g/mol. The van der Waals surface area contributed by atoms with Gasteiger partial charge in [-0.15, -0.1) is 0 Å². The molecule has 3 N–H and O–H groups in total. The molecule has 72 valence electrons. The number of nitrogens with one attached hydrogen (secondary N) is 1. The van der Waals surface area contributed by atoms with Crippen LogP contribution in [0, 0.1) is 0 Å². The van der Waals surface area contributed by atoms with E-state index < -0.39 is 0 Å². The Morgan fingerprint density at radius 1 is 1.14 bits per heavy atom.